The molecule has 0 heterocycles. The van der Waals surface area contributed by atoms with Crippen molar-refractivity contribution in [2.24, 2.45) is 0 Å². The minimum atomic E-state index is -4.65. The van der Waals surface area contributed by atoms with Gasteiger partial charge < -0.3 is 5.32 Å². The van der Waals surface area contributed by atoms with E-state index in [0.717, 1.165) is 19.1 Å². The highest BCUT2D eigenvalue weighted by atomic mass is 35.5. The molecule has 8 heteroatoms. The lowest BCUT2D eigenvalue weighted by molar-refractivity contribution is -0.137. The van der Waals surface area contributed by atoms with Crippen LogP contribution in [0.2, 0.25) is 10.0 Å². The van der Waals surface area contributed by atoms with E-state index in [-0.39, 0.29) is 15.6 Å². The molecule has 0 saturated carbocycles. The Labute approximate surface area is 157 Å². The highest BCUT2D eigenvalue weighted by molar-refractivity contribution is 6.42. The molecule has 0 aliphatic rings. The number of rotatable bonds is 4. The number of alkyl halides is 3. The molecule has 0 unspecified atom stereocenters. The minimum absolute atomic E-state index is 0.214. The summed E-state index contributed by atoms with van der Waals surface area (Å²) in [6.07, 6.45) is -3.41. The molecule has 136 valence electrons. The first kappa shape index (κ1) is 20.0. The van der Waals surface area contributed by atoms with Crippen LogP contribution < -0.4 is 5.32 Å². The zero-order chi connectivity index (χ0) is 19.5. The first-order valence-electron chi connectivity index (χ1n) is 7.25. The first-order chi connectivity index (χ1) is 12.1. The van der Waals surface area contributed by atoms with Gasteiger partial charge in [0.1, 0.15) is 0 Å². The molecule has 3 nitrogen and oxygen atoms in total. The van der Waals surface area contributed by atoms with Crippen LogP contribution in [0.4, 0.5) is 18.9 Å². The Kier molecular flexibility index (Phi) is 6.10. The lowest BCUT2D eigenvalue weighted by atomic mass is 10.1. The fourth-order valence-corrected chi connectivity index (χ4v) is 2.43. The second-order valence-electron chi connectivity index (χ2n) is 5.29. The summed E-state index contributed by atoms with van der Waals surface area (Å²) in [7, 11) is 0. The highest BCUT2D eigenvalue weighted by Crippen LogP contribution is 2.34. The summed E-state index contributed by atoms with van der Waals surface area (Å²) in [5.41, 5.74) is -1.36. The third-order valence-electron chi connectivity index (χ3n) is 3.36. The molecule has 0 bridgehead atoms. The molecule has 0 fully saturated rings. The van der Waals surface area contributed by atoms with Gasteiger partial charge in [-0.3, -0.25) is 9.59 Å². The lowest BCUT2D eigenvalue weighted by Gasteiger charge is -2.14. The van der Waals surface area contributed by atoms with E-state index in [1.165, 1.54) is 36.4 Å². The van der Waals surface area contributed by atoms with Gasteiger partial charge in [0.25, 0.3) is 5.91 Å². The third-order valence-corrected chi connectivity index (χ3v) is 4.10. The van der Waals surface area contributed by atoms with Crippen LogP contribution in [-0.2, 0) is 15.8 Å². The maximum atomic E-state index is 13.0. The highest BCUT2D eigenvalue weighted by Gasteiger charge is 2.33. The molecule has 0 aliphatic carbocycles. The van der Waals surface area contributed by atoms with Gasteiger partial charge in [-0.05, 0) is 42.8 Å². The van der Waals surface area contributed by atoms with Gasteiger partial charge in [0.15, 0.2) is 5.78 Å². The van der Waals surface area contributed by atoms with Crippen LogP contribution >= 0.6 is 23.2 Å². The van der Waals surface area contributed by atoms with Gasteiger partial charge in [0.2, 0.25) is 0 Å². The molecule has 2 aromatic carbocycles. The van der Waals surface area contributed by atoms with Gasteiger partial charge in [0.05, 0.1) is 26.9 Å². The molecule has 1 amide bonds. The number of halogens is 5. The summed E-state index contributed by atoms with van der Waals surface area (Å²) >= 11 is 11.7. The van der Waals surface area contributed by atoms with E-state index >= 15 is 0 Å². The van der Waals surface area contributed by atoms with E-state index < -0.39 is 29.1 Å². The number of para-hydroxylation sites is 1. The van der Waals surface area contributed by atoms with Crippen LogP contribution in [0.5, 0.6) is 0 Å². The van der Waals surface area contributed by atoms with E-state index in [1.807, 2.05) is 0 Å². The van der Waals surface area contributed by atoms with Crippen LogP contribution in [0, 0.1) is 0 Å². The van der Waals surface area contributed by atoms with Crippen molar-refractivity contribution in [2.75, 3.05) is 5.32 Å². The Bertz CT molecular complexity index is 892. The van der Waals surface area contributed by atoms with E-state index in [2.05, 4.69) is 5.32 Å². The second-order valence-corrected chi connectivity index (χ2v) is 6.10. The number of carbonyl (C=O) groups is 2. The van der Waals surface area contributed by atoms with E-state index in [9.17, 15) is 22.8 Å². The summed E-state index contributed by atoms with van der Waals surface area (Å²) in [6, 6.07) is 8.93. The standard InChI is InChI=1S/C18H12Cl2F3NO2/c1-10(25)12(8-11-6-7-14(19)15(20)9-11)17(26)24-16-5-3-2-4-13(16)18(21,22)23/h2-9H,1H3,(H,24,26)/b12-8+. The van der Waals surface area contributed by atoms with Crippen molar-refractivity contribution < 1.29 is 22.8 Å². The van der Waals surface area contributed by atoms with Gasteiger partial charge in [-0.1, -0.05) is 41.4 Å². The van der Waals surface area contributed by atoms with Gasteiger partial charge >= 0.3 is 6.18 Å². The monoisotopic (exact) mass is 401 g/mol. The van der Waals surface area contributed by atoms with E-state index in [4.69, 9.17) is 23.2 Å². The van der Waals surface area contributed by atoms with Crippen molar-refractivity contribution in [1.29, 1.82) is 0 Å². The first-order valence-corrected chi connectivity index (χ1v) is 8.00. The number of Topliss-reactive ketones (excluding diaryl/α,β-unsaturated/α-hetero) is 1. The Morgan fingerprint density at radius 2 is 1.69 bits per heavy atom. The lowest BCUT2D eigenvalue weighted by Crippen LogP contribution is -2.21. The summed E-state index contributed by atoms with van der Waals surface area (Å²) in [4.78, 5) is 24.2. The number of hydrogen-bond acceptors (Lipinski definition) is 2. The molecular weight excluding hydrogens is 390 g/mol. The van der Waals surface area contributed by atoms with Crippen LogP contribution in [0.3, 0.4) is 0 Å². The maximum absolute atomic E-state index is 13.0. The number of benzene rings is 2. The molecule has 0 aliphatic heterocycles. The number of hydrogen-bond donors (Lipinski definition) is 1. The fraction of sp³-hybridized carbons (Fsp3) is 0.111. The third kappa shape index (κ3) is 4.86. The molecule has 1 N–H and O–H groups in total. The smallest absolute Gasteiger partial charge is 0.321 e. The molecule has 2 aromatic rings. The normalized spacial score (nSPS) is 12.0. The average molecular weight is 402 g/mol. The fourth-order valence-electron chi connectivity index (χ4n) is 2.12. The SMILES string of the molecule is CC(=O)/C(=C\c1ccc(Cl)c(Cl)c1)C(=O)Nc1ccccc1C(F)(F)F. The van der Waals surface area contributed by atoms with Crippen molar-refractivity contribution in [3.8, 4) is 0 Å². The molecule has 2 rings (SSSR count). The van der Waals surface area contributed by atoms with Gasteiger partial charge in [0, 0.05) is 0 Å². The molecular formula is C18H12Cl2F3NO2. The predicted molar refractivity (Wildman–Crippen MR) is 95.2 cm³/mol. The van der Waals surface area contributed by atoms with Crippen molar-refractivity contribution in [1.82, 2.24) is 0 Å². The van der Waals surface area contributed by atoms with Crippen molar-refractivity contribution in [3.05, 3.63) is 69.2 Å². The predicted octanol–water partition coefficient (Wildman–Crippen LogP) is 5.62. The van der Waals surface area contributed by atoms with Crippen LogP contribution in [0.1, 0.15) is 18.1 Å². The molecule has 26 heavy (non-hydrogen) atoms. The number of anilines is 1. The molecule has 0 atom stereocenters. The van der Waals surface area contributed by atoms with Gasteiger partial charge in [-0.25, -0.2) is 0 Å². The Morgan fingerprint density at radius 3 is 2.27 bits per heavy atom. The maximum Gasteiger partial charge on any atom is 0.418 e. The molecule has 0 saturated heterocycles. The Balaban J connectivity index is 2.38. The van der Waals surface area contributed by atoms with Gasteiger partial charge in [-0.2, -0.15) is 13.2 Å². The van der Waals surface area contributed by atoms with E-state index in [1.54, 1.807) is 0 Å². The zero-order valence-electron chi connectivity index (χ0n) is 13.3. The zero-order valence-corrected chi connectivity index (χ0v) is 14.8. The van der Waals surface area contributed by atoms with Crippen LogP contribution in [0.25, 0.3) is 6.08 Å². The Hall–Kier alpha value is -2.31. The molecule has 0 aromatic heterocycles. The van der Waals surface area contributed by atoms with Crippen LogP contribution in [-0.4, -0.2) is 11.7 Å². The average Bonchev–Trinajstić information content (AvgIpc) is 2.55. The topological polar surface area (TPSA) is 46.2 Å². The van der Waals surface area contributed by atoms with Crippen molar-refractivity contribution in [2.45, 2.75) is 13.1 Å². The summed E-state index contributed by atoms with van der Waals surface area (Å²) < 4.78 is 39.1. The number of nitrogens with one attached hydrogen (secondary N) is 1. The Morgan fingerprint density at radius 1 is 1.04 bits per heavy atom. The number of carbonyl (C=O) groups excluding carboxylic acids is 2. The van der Waals surface area contributed by atoms with E-state index in [0.29, 0.717) is 5.56 Å². The van der Waals surface area contributed by atoms with Crippen molar-refractivity contribution >= 4 is 46.7 Å². The number of ketones is 1. The largest absolute Gasteiger partial charge is 0.418 e. The second kappa shape index (κ2) is 7.93. The minimum Gasteiger partial charge on any atom is -0.321 e. The number of amides is 1. The van der Waals surface area contributed by atoms with Crippen LogP contribution in [0.15, 0.2) is 48.0 Å². The molecule has 0 spiro atoms. The quantitative estimate of drug-likeness (QED) is 0.410. The summed E-state index contributed by atoms with van der Waals surface area (Å²) in [5, 5.41) is 2.64. The van der Waals surface area contributed by atoms with Gasteiger partial charge in [-0.15, -0.1) is 0 Å². The molecule has 0 radical (unpaired) electrons. The summed E-state index contributed by atoms with van der Waals surface area (Å²) in [6.45, 7) is 1.14. The summed E-state index contributed by atoms with van der Waals surface area (Å²) in [5.74, 6) is -1.57. The van der Waals surface area contributed by atoms with Crippen molar-refractivity contribution in [3.63, 3.8) is 0 Å².